The number of urea groups is 1. The highest BCUT2D eigenvalue weighted by Crippen LogP contribution is 2.19. The third-order valence-corrected chi connectivity index (χ3v) is 5.59. The second kappa shape index (κ2) is 10.3. The fourth-order valence-electron chi connectivity index (χ4n) is 3.88. The van der Waals surface area contributed by atoms with Crippen LogP contribution in [0, 0.1) is 5.92 Å². The summed E-state index contributed by atoms with van der Waals surface area (Å²) in [6.07, 6.45) is 8.25. The number of ether oxygens (including phenoxy) is 1. The summed E-state index contributed by atoms with van der Waals surface area (Å²) in [4.78, 5) is 32.9. The van der Waals surface area contributed by atoms with Crippen molar-refractivity contribution in [2.24, 2.45) is 5.92 Å². The van der Waals surface area contributed by atoms with Crippen LogP contribution in [0.15, 0.2) is 18.3 Å². The summed E-state index contributed by atoms with van der Waals surface area (Å²) in [6.45, 7) is 6.00. The summed E-state index contributed by atoms with van der Waals surface area (Å²) >= 11 is 0. The van der Waals surface area contributed by atoms with Crippen molar-refractivity contribution in [3.8, 4) is 0 Å². The van der Waals surface area contributed by atoms with Gasteiger partial charge in [0.2, 0.25) is 0 Å². The Hall–Kier alpha value is -2.31. The Bertz CT molecular complexity index is 634. The lowest BCUT2D eigenvalue weighted by Gasteiger charge is -2.30. The monoisotopic (exact) mass is 388 g/mol. The number of hydrogen-bond acceptors (Lipinski definition) is 5. The predicted molar refractivity (Wildman–Crippen MR) is 108 cm³/mol. The van der Waals surface area contributed by atoms with Crippen molar-refractivity contribution in [2.75, 3.05) is 37.7 Å². The van der Waals surface area contributed by atoms with Crippen LogP contribution < -0.4 is 10.2 Å². The Labute approximate surface area is 167 Å². The van der Waals surface area contributed by atoms with E-state index in [4.69, 9.17) is 4.74 Å². The van der Waals surface area contributed by atoms with Crippen LogP contribution in [0.5, 0.6) is 0 Å². The van der Waals surface area contributed by atoms with Crippen LogP contribution in [-0.2, 0) is 16.1 Å². The molecule has 0 aromatic carbocycles. The van der Waals surface area contributed by atoms with Crippen LogP contribution in [0.1, 0.15) is 51.0 Å². The topological polar surface area (TPSA) is 74.8 Å². The zero-order valence-corrected chi connectivity index (χ0v) is 16.9. The Kier molecular flexibility index (Phi) is 7.51. The molecule has 7 heteroatoms. The van der Waals surface area contributed by atoms with Crippen molar-refractivity contribution >= 4 is 17.8 Å². The fourth-order valence-corrected chi connectivity index (χ4v) is 3.88. The van der Waals surface area contributed by atoms with Crippen LogP contribution in [0.3, 0.4) is 0 Å². The summed E-state index contributed by atoms with van der Waals surface area (Å²) in [5, 5.41) is 2.96. The molecule has 1 N–H and O–H groups in total. The van der Waals surface area contributed by atoms with Gasteiger partial charge >= 0.3 is 12.0 Å². The number of piperidine rings is 1. The van der Waals surface area contributed by atoms with E-state index in [1.807, 2.05) is 19.2 Å². The summed E-state index contributed by atoms with van der Waals surface area (Å²) in [6, 6.07) is 4.01. The highest BCUT2D eigenvalue weighted by atomic mass is 16.5. The minimum absolute atomic E-state index is 0.0836. The van der Waals surface area contributed by atoms with Gasteiger partial charge in [-0.1, -0.05) is 18.9 Å². The molecule has 3 rings (SSSR count). The molecule has 1 aromatic rings. The number of rotatable bonds is 5. The number of hydrogen-bond donors (Lipinski definition) is 1. The SMILES string of the molecule is CCOC(=O)C1CCN(C(=O)NCc2ccc(N3CCCCCC3)nc2)CC1. The van der Waals surface area contributed by atoms with Gasteiger partial charge in [0, 0.05) is 38.9 Å². The lowest BCUT2D eigenvalue weighted by atomic mass is 9.97. The van der Waals surface area contributed by atoms with E-state index in [2.05, 4.69) is 21.3 Å². The molecule has 2 fully saturated rings. The normalized spacial score (nSPS) is 18.5. The number of carbonyl (C=O) groups is 2. The molecular weight excluding hydrogens is 356 g/mol. The number of carbonyl (C=O) groups excluding carboxylic acids is 2. The van der Waals surface area contributed by atoms with Crippen LogP contribution in [0.25, 0.3) is 0 Å². The van der Waals surface area contributed by atoms with Crippen molar-refractivity contribution < 1.29 is 14.3 Å². The lowest BCUT2D eigenvalue weighted by molar-refractivity contribution is -0.149. The molecule has 0 bridgehead atoms. The molecular formula is C21H32N4O3. The first-order valence-electron chi connectivity index (χ1n) is 10.6. The van der Waals surface area contributed by atoms with E-state index in [0.717, 1.165) is 24.5 Å². The first kappa shape index (κ1) is 20.4. The Balaban J connectivity index is 1.43. The second-order valence-electron chi connectivity index (χ2n) is 7.60. The van der Waals surface area contributed by atoms with Crippen molar-refractivity contribution in [1.29, 1.82) is 0 Å². The Morgan fingerprint density at radius 2 is 1.82 bits per heavy atom. The number of likely N-dealkylation sites (tertiary alicyclic amines) is 1. The third kappa shape index (κ3) is 5.59. The number of nitrogens with one attached hydrogen (secondary N) is 1. The molecule has 2 saturated heterocycles. The van der Waals surface area contributed by atoms with Crippen LogP contribution in [0.2, 0.25) is 0 Å². The number of aromatic nitrogens is 1. The maximum atomic E-state index is 12.4. The fraction of sp³-hybridized carbons (Fsp3) is 0.667. The van der Waals surface area contributed by atoms with Crippen molar-refractivity contribution in [3.05, 3.63) is 23.9 Å². The lowest BCUT2D eigenvalue weighted by Crippen LogP contribution is -2.45. The highest BCUT2D eigenvalue weighted by Gasteiger charge is 2.28. The second-order valence-corrected chi connectivity index (χ2v) is 7.60. The maximum absolute atomic E-state index is 12.4. The molecule has 2 aliphatic heterocycles. The van der Waals surface area contributed by atoms with Crippen molar-refractivity contribution in [2.45, 2.75) is 52.0 Å². The Morgan fingerprint density at radius 3 is 2.43 bits per heavy atom. The number of amides is 2. The molecule has 7 nitrogen and oxygen atoms in total. The number of anilines is 1. The van der Waals surface area contributed by atoms with E-state index in [0.29, 0.717) is 39.1 Å². The Morgan fingerprint density at radius 1 is 1.11 bits per heavy atom. The maximum Gasteiger partial charge on any atom is 0.317 e. The average Bonchev–Trinajstić information content (AvgIpc) is 3.02. The van der Waals surface area contributed by atoms with Gasteiger partial charge in [0.1, 0.15) is 5.82 Å². The first-order chi connectivity index (χ1) is 13.7. The quantitative estimate of drug-likeness (QED) is 0.785. The molecule has 3 heterocycles. The molecule has 28 heavy (non-hydrogen) atoms. The molecule has 0 aliphatic carbocycles. The molecule has 2 amide bonds. The minimum Gasteiger partial charge on any atom is -0.466 e. The molecule has 0 saturated carbocycles. The predicted octanol–water partition coefficient (Wildman–Crippen LogP) is 2.95. The number of nitrogens with zero attached hydrogens (tertiary/aromatic N) is 3. The van der Waals surface area contributed by atoms with Crippen LogP contribution in [0.4, 0.5) is 10.6 Å². The molecule has 0 unspecified atom stereocenters. The summed E-state index contributed by atoms with van der Waals surface area (Å²) < 4.78 is 5.07. The van der Waals surface area contributed by atoms with Gasteiger partial charge in [-0.15, -0.1) is 0 Å². The van der Waals surface area contributed by atoms with Gasteiger partial charge in [-0.2, -0.15) is 0 Å². The zero-order valence-electron chi connectivity index (χ0n) is 16.9. The number of esters is 1. The van der Waals surface area contributed by atoms with Crippen LogP contribution >= 0.6 is 0 Å². The van der Waals surface area contributed by atoms with E-state index in [1.54, 1.807) is 4.90 Å². The summed E-state index contributed by atoms with van der Waals surface area (Å²) in [7, 11) is 0. The third-order valence-electron chi connectivity index (χ3n) is 5.59. The van der Waals surface area contributed by atoms with E-state index in [9.17, 15) is 9.59 Å². The average molecular weight is 389 g/mol. The standard InChI is InChI=1S/C21H32N4O3/c1-2-28-20(26)18-9-13-25(14-10-18)21(27)23-16-17-7-8-19(22-15-17)24-11-5-3-4-6-12-24/h7-8,15,18H,2-6,9-14,16H2,1H3,(H,23,27). The van der Waals surface area contributed by atoms with Crippen molar-refractivity contribution in [1.82, 2.24) is 15.2 Å². The van der Waals surface area contributed by atoms with E-state index >= 15 is 0 Å². The first-order valence-corrected chi connectivity index (χ1v) is 10.6. The van der Waals surface area contributed by atoms with E-state index in [1.165, 1.54) is 25.7 Å². The van der Waals surface area contributed by atoms with Gasteiger partial charge in [0.25, 0.3) is 0 Å². The van der Waals surface area contributed by atoms with Gasteiger partial charge in [-0.05, 0) is 44.2 Å². The number of pyridine rings is 1. The molecule has 0 atom stereocenters. The molecule has 0 radical (unpaired) electrons. The van der Waals surface area contributed by atoms with Gasteiger partial charge in [-0.25, -0.2) is 9.78 Å². The largest absolute Gasteiger partial charge is 0.466 e. The highest BCUT2D eigenvalue weighted by molar-refractivity contribution is 5.76. The smallest absolute Gasteiger partial charge is 0.317 e. The van der Waals surface area contributed by atoms with Gasteiger partial charge in [-0.3, -0.25) is 4.79 Å². The van der Waals surface area contributed by atoms with Crippen LogP contribution in [-0.4, -0.2) is 54.7 Å². The minimum atomic E-state index is -0.141. The summed E-state index contributed by atoms with van der Waals surface area (Å²) in [5.41, 5.74) is 0.994. The molecule has 154 valence electrons. The molecule has 0 spiro atoms. The van der Waals surface area contributed by atoms with Gasteiger partial charge < -0.3 is 19.9 Å². The zero-order chi connectivity index (χ0) is 19.8. The summed E-state index contributed by atoms with van der Waals surface area (Å²) in [5.74, 6) is 0.802. The van der Waals surface area contributed by atoms with E-state index < -0.39 is 0 Å². The molecule has 1 aromatic heterocycles. The van der Waals surface area contributed by atoms with Gasteiger partial charge in [0.15, 0.2) is 0 Å². The molecule has 2 aliphatic rings. The van der Waals surface area contributed by atoms with Crippen molar-refractivity contribution in [3.63, 3.8) is 0 Å². The van der Waals surface area contributed by atoms with E-state index in [-0.39, 0.29) is 17.9 Å². The van der Waals surface area contributed by atoms with Gasteiger partial charge in [0.05, 0.1) is 12.5 Å².